The molecule has 3 heteroatoms. The lowest BCUT2D eigenvalue weighted by atomic mass is 10.4. The zero-order valence-electron chi connectivity index (χ0n) is 6.70. The van der Waals surface area contributed by atoms with Crippen molar-refractivity contribution >= 4 is 0 Å². The normalized spacial score (nSPS) is 11.1. The van der Waals surface area contributed by atoms with Crippen molar-refractivity contribution in [2.24, 2.45) is 5.73 Å². The van der Waals surface area contributed by atoms with Crippen LogP contribution in [0.2, 0.25) is 0 Å². The minimum absolute atomic E-state index is 0.597. The highest BCUT2D eigenvalue weighted by atomic mass is 15.3. The van der Waals surface area contributed by atoms with Crippen molar-refractivity contribution in [2.75, 3.05) is 6.54 Å². The minimum Gasteiger partial charge on any atom is -0.327 e. The molecule has 1 aromatic heterocycles. The van der Waals surface area contributed by atoms with Gasteiger partial charge in [0.15, 0.2) is 0 Å². The molecule has 2 N–H and O–H groups in total. The number of hydrogen-bond acceptors (Lipinski definition) is 2. The molecule has 3 nitrogen and oxygen atoms in total. The zero-order chi connectivity index (χ0) is 8.10. The molecular weight excluding hydrogens is 138 g/mol. The number of aromatic nitrogens is 2. The van der Waals surface area contributed by atoms with Crippen molar-refractivity contribution in [3.05, 3.63) is 30.1 Å². The van der Waals surface area contributed by atoms with Crippen LogP contribution in [0.25, 0.3) is 0 Å². The molecule has 0 saturated carbocycles. The van der Waals surface area contributed by atoms with Crippen molar-refractivity contribution in [3.63, 3.8) is 0 Å². The van der Waals surface area contributed by atoms with E-state index in [1.165, 1.54) is 5.56 Å². The number of rotatable bonds is 3. The third-order valence-corrected chi connectivity index (χ3v) is 1.36. The van der Waals surface area contributed by atoms with Gasteiger partial charge in [0.1, 0.15) is 0 Å². The van der Waals surface area contributed by atoms with E-state index in [0.29, 0.717) is 6.54 Å². The molecule has 0 radical (unpaired) electrons. The Labute approximate surface area is 66.5 Å². The summed E-state index contributed by atoms with van der Waals surface area (Å²) in [5, 5.41) is 4.11. The third kappa shape index (κ3) is 2.55. The molecule has 0 bridgehead atoms. The quantitative estimate of drug-likeness (QED) is 0.646. The summed E-state index contributed by atoms with van der Waals surface area (Å²) in [5.41, 5.74) is 6.47. The summed E-state index contributed by atoms with van der Waals surface area (Å²) in [7, 11) is 0. The maximum atomic E-state index is 5.28. The van der Waals surface area contributed by atoms with Crippen LogP contribution in [0.5, 0.6) is 0 Å². The molecule has 0 aliphatic heterocycles. The van der Waals surface area contributed by atoms with Crippen LogP contribution in [0.15, 0.2) is 24.5 Å². The van der Waals surface area contributed by atoms with E-state index in [4.69, 9.17) is 5.73 Å². The Kier molecular flexibility index (Phi) is 2.86. The average Bonchev–Trinajstić information content (AvgIpc) is 2.37. The van der Waals surface area contributed by atoms with E-state index in [2.05, 4.69) is 5.10 Å². The van der Waals surface area contributed by atoms with Crippen LogP contribution in [0.3, 0.4) is 0 Å². The van der Waals surface area contributed by atoms with E-state index in [1.807, 2.05) is 36.2 Å². The van der Waals surface area contributed by atoms with E-state index in [9.17, 15) is 0 Å². The van der Waals surface area contributed by atoms with Gasteiger partial charge < -0.3 is 5.73 Å². The van der Waals surface area contributed by atoms with Crippen LogP contribution < -0.4 is 5.73 Å². The van der Waals surface area contributed by atoms with Gasteiger partial charge in [0.2, 0.25) is 0 Å². The second kappa shape index (κ2) is 3.93. The van der Waals surface area contributed by atoms with Gasteiger partial charge in [-0.25, -0.2) is 0 Å². The molecule has 1 aromatic rings. The van der Waals surface area contributed by atoms with Gasteiger partial charge in [0, 0.05) is 12.7 Å². The second-order valence-electron chi connectivity index (χ2n) is 2.45. The monoisotopic (exact) mass is 151 g/mol. The lowest BCUT2D eigenvalue weighted by Gasteiger charge is -1.92. The fraction of sp³-hybridized carbons (Fsp3) is 0.375. The Hall–Kier alpha value is -1.09. The van der Waals surface area contributed by atoms with Crippen LogP contribution in [0.1, 0.15) is 5.56 Å². The summed E-state index contributed by atoms with van der Waals surface area (Å²) in [4.78, 5) is 0. The smallest absolute Gasteiger partial charge is 0.0590 e. The highest BCUT2D eigenvalue weighted by molar-refractivity contribution is 5.00. The molecule has 0 spiro atoms. The van der Waals surface area contributed by atoms with Gasteiger partial charge in [-0.2, -0.15) is 5.10 Å². The topological polar surface area (TPSA) is 43.8 Å². The van der Waals surface area contributed by atoms with Gasteiger partial charge in [-0.3, -0.25) is 4.68 Å². The van der Waals surface area contributed by atoms with Gasteiger partial charge in [-0.05, 0) is 12.5 Å². The first kappa shape index (κ1) is 8.01. The lowest BCUT2D eigenvalue weighted by Crippen LogP contribution is -1.97. The van der Waals surface area contributed by atoms with Gasteiger partial charge >= 0.3 is 0 Å². The molecule has 0 fully saturated rings. The predicted molar refractivity (Wildman–Crippen MR) is 45.2 cm³/mol. The van der Waals surface area contributed by atoms with E-state index < -0.39 is 0 Å². The van der Waals surface area contributed by atoms with Gasteiger partial charge in [0.25, 0.3) is 0 Å². The fourth-order valence-corrected chi connectivity index (χ4v) is 0.846. The van der Waals surface area contributed by atoms with Crippen molar-refractivity contribution in [2.45, 2.75) is 13.5 Å². The van der Waals surface area contributed by atoms with E-state index in [0.717, 1.165) is 6.54 Å². The molecule has 0 aliphatic rings. The average molecular weight is 151 g/mol. The van der Waals surface area contributed by atoms with Crippen molar-refractivity contribution in [1.29, 1.82) is 0 Å². The molecule has 60 valence electrons. The van der Waals surface area contributed by atoms with Crippen molar-refractivity contribution in [3.8, 4) is 0 Å². The molecule has 0 amide bonds. The van der Waals surface area contributed by atoms with Crippen LogP contribution in [0, 0.1) is 6.92 Å². The maximum absolute atomic E-state index is 5.28. The van der Waals surface area contributed by atoms with Crippen LogP contribution in [0.4, 0.5) is 0 Å². The standard InChI is InChI=1S/C8H13N3/c1-8-6-10-11(7-8)5-3-2-4-9/h2-3,6-7H,4-5,9H2,1H3. The van der Waals surface area contributed by atoms with E-state index in [-0.39, 0.29) is 0 Å². The lowest BCUT2D eigenvalue weighted by molar-refractivity contribution is 0.700. The van der Waals surface area contributed by atoms with Gasteiger partial charge in [0.05, 0.1) is 12.7 Å². The number of nitrogens with zero attached hydrogens (tertiary/aromatic N) is 2. The number of nitrogens with two attached hydrogens (primary N) is 1. The zero-order valence-corrected chi connectivity index (χ0v) is 6.70. The van der Waals surface area contributed by atoms with Crippen LogP contribution in [-0.4, -0.2) is 16.3 Å². The summed E-state index contributed by atoms with van der Waals surface area (Å²) in [5.74, 6) is 0. The molecule has 1 rings (SSSR count). The summed E-state index contributed by atoms with van der Waals surface area (Å²) in [6.45, 7) is 3.43. The largest absolute Gasteiger partial charge is 0.327 e. The van der Waals surface area contributed by atoms with E-state index >= 15 is 0 Å². The van der Waals surface area contributed by atoms with Crippen LogP contribution in [-0.2, 0) is 6.54 Å². The molecule has 0 unspecified atom stereocenters. The summed E-state index contributed by atoms with van der Waals surface area (Å²) < 4.78 is 1.88. The third-order valence-electron chi connectivity index (χ3n) is 1.36. The summed E-state index contributed by atoms with van der Waals surface area (Å²) >= 11 is 0. The Bertz CT molecular complexity index is 237. The molecule has 0 aromatic carbocycles. The SMILES string of the molecule is Cc1cnn(CC=CCN)c1. The number of hydrogen-bond donors (Lipinski definition) is 1. The minimum atomic E-state index is 0.597. The summed E-state index contributed by atoms with van der Waals surface area (Å²) in [6, 6.07) is 0. The fourth-order valence-electron chi connectivity index (χ4n) is 0.846. The molecule has 0 saturated heterocycles. The van der Waals surface area contributed by atoms with Gasteiger partial charge in [-0.15, -0.1) is 0 Å². The highest BCUT2D eigenvalue weighted by Crippen LogP contribution is 1.93. The van der Waals surface area contributed by atoms with Crippen molar-refractivity contribution in [1.82, 2.24) is 9.78 Å². The Morgan fingerprint density at radius 2 is 2.45 bits per heavy atom. The number of allylic oxidation sites excluding steroid dienone is 1. The first-order chi connectivity index (χ1) is 5.33. The predicted octanol–water partition coefficient (Wildman–Crippen LogP) is 0.706. The van der Waals surface area contributed by atoms with E-state index in [1.54, 1.807) is 0 Å². The van der Waals surface area contributed by atoms with Crippen molar-refractivity contribution < 1.29 is 0 Å². The Balaban J connectivity index is 2.45. The highest BCUT2D eigenvalue weighted by Gasteiger charge is 1.88. The van der Waals surface area contributed by atoms with Gasteiger partial charge in [-0.1, -0.05) is 12.2 Å². The Morgan fingerprint density at radius 3 is 3.00 bits per heavy atom. The second-order valence-corrected chi connectivity index (χ2v) is 2.45. The molecule has 1 heterocycles. The van der Waals surface area contributed by atoms with Crippen LogP contribution >= 0.6 is 0 Å². The molecule has 0 atom stereocenters. The molecule has 11 heavy (non-hydrogen) atoms. The first-order valence-corrected chi connectivity index (χ1v) is 3.67. The first-order valence-electron chi connectivity index (χ1n) is 3.67. The molecular formula is C8H13N3. The molecule has 0 aliphatic carbocycles. The number of aryl methyl sites for hydroxylation is 1. The summed E-state index contributed by atoms with van der Waals surface area (Å²) in [6.07, 6.45) is 7.78. The Morgan fingerprint density at radius 1 is 1.64 bits per heavy atom. The maximum Gasteiger partial charge on any atom is 0.0590 e.